The molecule has 1 atom stereocenters. The van der Waals surface area contributed by atoms with Crippen LogP contribution >= 0.6 is 0 Å². The van der Waals surface area contributed by atoms with Crippen LogP contribution in [0.4, 0.5) is 0 Å². The number of carbonyl (C=O) groups excluding carboxylic acids is 2. The fourth-order valence-corrected chi connectivity index (χ4v) is 4.03. The predicted molar refractivity (Wildman–Crippen MR) is 109 cm³/mol. The molecule has 1 aromatic carbocycles. The molecule has 0 N–H and O–H groups in total. The van der Waals surface area contributed by atoms with Crippen LogP contribution in [0.5, 0.6) is 0 Å². The van der Waals surface area contributed by atoms with Gasteiger partial charge in [0.25, 0.3) is 5.91 Å². The number of benzene rings is 1. The summed E-state index contributed by atoms with van der Waals surface area (Å²) in [4.78, 5) is 29.9. The largest absolute Gasteiger partial charge is 0.336 e. The van der Waals surface area contributed by atoms with Crippen molar-refractivity contribution in [3.63, 3.8) is 0 Å². The zero-order valence-electron chi connectivity index (χ0n) is 17.3. The summed E-state index contributed by atoms with van der Waals surface area (Å²) in [6.07, 6.45) is 1.17. The molecule has 0 bridgehead atoms. The van der Waals surface area contributed by atoms with Gasteiger partial charge < -0.3 is 9.80 Å². The van der Waals surface area contributed by atoms with Crippen LogP contribution < -0.4 is 0 Å². The molecule has 0 spiro atoms. The Morgan fingerprint density at radius 3 is 2.50 bits per heavy atom. The van der Waals surface area contributed by atoms with E-state index in [4.69, 9.17) is 0 Å². The van der Waals surface area contributed by atoms with Crippen LogP contribution in [0.25, 0.3) is 0 Å². The quantitative estimate of drug-likeness (QED) is 0.798. The third-order valence-corrected chi connectivity index (χ3v) is 5.64. The van der Waals surface area contributed by atoms with Crippen LogP contribution in [-0.4, -0.2) is 50.5 Å². The Kier molecular flexibility index (Phi) is 6.17. The molecule has 1 aliphatic heterocycles. The third-order valence-electron chi connectivity index (χ3n) is 5.64. The van der Waals surface area contributed by atoms with Crippen molar-refractivity contribution in [1.29, 1.82) is 0 Å². The van der Waals surface area contributed by atoms with Gasteiger partial charge in [0.1, 0.15) is 0 Å². The number of amides is 2. The molecule has 0 aliphatic carbocycles. The Labute approximate surface area is 167 Å². The van der Waals surface area contributed by atoms with E-state index in [0.717, 1.165) is 29.9 Å². The summed E-state index contributed by atoms with van der Waals surface area (Å²) >= 11 is 0. The maximum atomic E-state index is 13.3. The van der Waals surface area contributed by atoms with E-state index in [1.165, 1.54) is 0 Å². The van der Waals surface area contributed by atoms with E-state index in [1.54, 1.807) is 0 Å². The second-order valence-electron chi connectivity index (χ2n) is 7.43. The highest BCUT2D eigenvalue weighted by molar-refractivity contribution is 5.97. The molecular weight excluding hydrogens is 352 g/mol. The minimum absolute atomic E-state index is 0.0116. The number of nitrogens with zero attached hydrogens (tertiary/aromatic N) is 4. The third kappa shape index (κ3) is 3.96. The van der Waals surface area contributed by atoms with Crippen molar-refractivity contribution in [2.45, 2.75) is 59.7 Å². The van der Waals surface area contributed by atoms with Gasteiger partial charge in [-0.1, -0.05) is 37.3 Å². The lowest BCUT2D eigenvalue weighted by Crippen LogP contribution is -2.44. The Hall–Kier alpha value is -2.63. The average molecular weight is 383 g/mol. The first kappa shape index (κ1) is 20.1. The number of hydrogen-bond acceptors (Lipinski definition) is 3. The lowest BCUT2D eigenvalue weighted by molar-refractivity contribution is -0.133. The van der Waals surface area contributed by atoms with Crippen LogP contribution in [0.2, 0.25) is 0 Å². The van der Waals surface area contributed by atoms with E-state index in [0.29, 0.717) is 31.6 Å². The maximum absolute atomic E-state index is 13.3. The minimum Gasteiger partial charge on any atom is -0.336 e. The molecule has 150 valence electrons. The Morgan fingerprint density at radius 2 is 1.89 bits per heavy atom. The molecule has 1 aliphatic rings. The normalized spacial score (nSPS) is 17.7. The summed E-state index contributed by atoms with van der Waals surface area (Å²) in [5.41, 5.74) is 3.45. The summed E-state index contributed by atoms with van der Waals surface area (Å²) in [5, 5.41) is 4.48. The molecule has 1 aromatic heterocycles. The zero-order chi connectivity index (χ0) is 20.3. The summed E-state index contributed by atoms with van der Waals surface area (Å²) in [5.74, 6) is 0.103. The molecule has 1 fully saturated rings. The van der Waals surface area contributed by atoms with E-state index in [2.05, 4.69) is 12.0 Å². The average Bonchev–Trinajstić information content (AvgIpc) is 2.89. The molecule has 2 amide bonds. The van der Waals surface area contributed by atoms with Crippen molar-refractivity contribution in [2.24, 2.45) is 0 Å². The SMILES string of the molecule is CC[C@@H]1CN(C(=O)c2c(C)nn(CC)c2C)CCC(=O)N1Cc1ccccc1. The van der Waals surface area contributed by atoms with Crippen molar-refractivity contribution in [2.75, 3.05) is 13.1 Å². The van der Waals surface area contributed by atoms with E-state index in [-0.39, 0.29) is 17.9 Å². The lowest BCUT2D eigenvalue weighted by atomic mass is 10.1. The molecule has 28 heavy (non-hydrogen) atoms. The molecule has 0 unspecified atom stereocenters. The number of rotatable bonds is 5. The summed E-state index contributed by atoms with van der Waals surface area (Å²) < 4.78 is 1.87. The first-order valence-electron chi connectivity index (χ1n) is 10.1. The maximum Gasteiger partial charge on any atom is 0.257 e. The summed E-state index contributed by atoms with van der Waals surface area (Å²) in [7, 11) is 0. The van der Waals surface area contributed by atoms with E-state index < -0.39 is 0 Å². The van der Waals surface area contributed by atoms with Crippen LogP contribution in [0.3, 0.4) is 0 Å². The molecule has 2 aromatic rings. The topological polar surface area (TPSA) is 58.4 Å². The fraction of sp³-hybridized carbons (Fsp3) is 0.500. The highest BCUT2D eigenvalue weighted by Gasteiger charge is 2.32. The molecule has 6 nitrogen and oxygen atoms in total. The molecule has 1 saturated heterocycles. The number of hydrogen-bond donors (Lipinski definition) is 0. The van der Waals surface area contributed by atoms with Gasteiger partial charge in [0.05, 0.1) is 11.3 Å². The molecule has 6 heteroatoms. The summed E-state index contributed by atoms with van der Waals surface area (Å²) in [6.45, 7) is 10.3. The van der Waals surface area contributed by atoms with Crippen molar-refractivity contribution < 1.29 is 9.59 Å². The first-order chi connectivity index (χ1) is 13.5. The molecule has 0 saturated carbocycles. The van der Waals surface area contributed by atoms with Crippen molar-refractivity contribution in [1.82, 2.24) is 19.6 Å². The molecule has 0 radical (unpaired) electrons. The second-order valence-corrected chi connectivity index (χ2v) is 7.43. The van der Waals surface area contributed by atoms with E-state index in [9.17, 15) is 9.59 Å². The summed E-state index contributed by atoms with van der Waals surface area (Å²) in [6, 6.07) is 10.1. The van der Waals surface area contributed by atoms with Crippen LogP contribution in [0.1, 0.15) is 54.0 Å². The van der Waals surface area contributed by atoms with Gasteiger partial charge >= 0.3 is 0 Å². The Balaban J connectivity index is 1.83. The highest BCUT2D eigenvalue weighted by Crippen LogP contribution is 2.21. The number of aryl methyl sites for hydroxylation is 2. The van der Waals surface area contributed by atoms with E-state index in [1.807, 2.05) is 65.6 Å². The fourth-order valence-electron chi connectivity index (χ4n) is 4.03. The lowest BCUT2D eigenvalue weighted by Gasteiger charge is -2.31. The smallest absolute Gasteiger partial charge is 0.257 e. The van der Waals surface area contributed by atoms with Gasteiger partial charge in [0, 0.05) is 44.3 Å². The van der Waals surface area contributed by atoms with Gasteiger partial charge in [0.2, 0.25) is 5.91 Å². The van der Waals surface area contributed by atoms with Gasteiger partial charge in [-0.15, -0.1) is 0 Å². The Bertz CT molecular complexity index is 844. The first-order valence-corrected chi connectivity index (χ1v) is 10.1. The van der Waals surface area contributed by atoms with Crippen LogP contribution in [0, 0.1) is 13.8 Å². The van der Waals surface area contributed by atoms with Crippen molar-refractivity contribution >= 4 is 11.8 Å². The van der Waals surface area contributed by atoms with Gasteiger partial charge in [-0.05, 0) is 32.8 Å². The highest BCUT2D eigenvalue weighted by atomic mass is 16.2. The number of carbonyl (C=O) groups is 2. The molecular formula is C22H30N4O2. The van der Waals surface area contributed by atoms with Crippen molar-refractivity contribution in [3.05, 3.63) is 52.8 Å². The van der Waals surface area contributed by atoms with E-state index >= 15 is 0 Å². The van der Waals surface area contributed by atoms with Gasteiger partial charge in [-0.2, -0.15) is 5.10 Å². The zero-order valence-corrected chi connectivity index (χ0v) is 17.3. The minimum atomic E-state index is -0.0116. The standard InChI is InChI=1S/C22H30N4O2/c1-5-19-15-24(22(28)21-16(3)23-26(6-2)17(21)4)13-12-20(27)25(19)14-18-10-8-7-9-11-18/h7-11,19H,5-6,12-15H2,1-4H3/t19-/m1/s1. The van der Waals surface area contributed by atoms with Gasteiger partial charge in [-0.3, -0.25) is 14.3 Å². The predicted octanol–water partition coefficient (Wildman–Crippen LogP) is 3.17. The second kappa shape index (κ2) is 8.59. The van der Waals surface area contributed by atoms with Crippen LogP contribution in [-0.2, 0) is 17.9 Å². The van der Waals surface area contributed by atoms with Crippen LogP contribution in [0.15, 0.2) is 30.3 Å². The molecule has 3 rings (SSSR count). The van der Waals surface area contributed by atoms with Gasteiger partial charge in [0.15, 0.2) is 0 Å². The number of aromatic nitrogens is 2. The monoisotopic (exact) mass is 382 g/mol. The van der Waals surface area contributed by atoms with Crippen molar-refractivity contribution in [3.8, 4) is 0 Å². The molecule has 2 heterocycles. The van der Waals surface area contributed by atoms with Gasteiger partial charge in [-0.25, -0.2) is 0 Å². The Morgan fingerprint density at radius 1 is 1.18 bits per heavy atom.